The van der Waals surface area contributed by atoms with Crippen LogP contribution in [0.15, 0.2) is 6.07 Å². The van der Waals surface area contributed by atoms with E-state index in [0.717, 1.165) is 30.8 Å². The molecule has 2 aliphatic rings. The second-order valence-corrected chi connectivity index (χ2v) is 6.94. The van der Waals surface area contributed by atoms with Gasteiger partial charge in [-0.3, -0.25) is 0 Å². The molecule has 0 radical (unpaired) electrons. The monoisotopic (exact) mass is 331 g/mol. The Hall–Kier alpha value is -1.72. The topological polar surface area (TPSA) is 93.4 Å². The summed E-state index contributed by atoms with van der Waals surface area (Å²) in [4.78, 5) is 6.90. The Morgan fingerprint density at radius 2 is 2.46 bits per heavy atom. The molecule has 0 aromatic carbocycles. The predicted molar refractivity (Wildman–Crippen MR) is 90.7 cm³/mol. The van der Waals surface area contributed by atoms with Crippen LogP contribution in [0.25, 0.3) is 0 Å². The third kappa shape index (κ3) is 3.52. The maximum atomic E-state index is 9.81. The van der Waals surface area contributed by atoms with Gasteiger partial charge in [-0.15, -0.1) is 0 Å². The molecular formula is C17H25N5O2. The van der Waals surface area contributed by atoms with Crippen LogP contribution in [0.3, 0.4) is 0 Å². The lowest BCUT2D eigenvalue weighted by molar-refractivity contribution is -0.0158. The Morgan fingerprint density at radius 3 is 3.17 bits per heavy atom. The van der Waals surface area contributed by atoms with E-state index in [0.29, 0.717) is 31.1 Å². The van der Waals surface area contributed by atoms with Crippen LogP contribution in [0, 0.1) is 11.3 Å². The third-order valence-corrected chi connectivity index (χ3v) is 4.68. The molecule has 3 N–H and O–H groups in total. The van der Waals surface area contributed by atoms with Crippen LogP contribution in [0.1, 0.15) is 23.7 Å². The molecular weight excluding hydrogens is 306 g/mol. The van der Waals surface area contributed by atoms with Gasteiger partial charge in [0.2, 0.25) is 0 Å². The normalized spacial score (nSPS) is 27.3. The molecule has 3 heterocycles. The summed E-state index contributed by atoms with van der Waals surface area (Å²) in [5.41, 5.74) is 2.16. The van der Waals surface area contributed by atoms with Crippen molar-refractivity contribution in [3.63, 3.8) is 0 Å². The minimum atomic E-state index is -0.553. The number of aliphatic hydroxyl groups excluding tert-OH is 1. The van der Waals surface area contributed by atoms with Crippen molar-refractivity contribution in [1.29, 1.82) is 5.26 Å². The summed E-state index contributed by atoms with van der Waals surface area (Å²) in [6, 6.07) is 4.34. The van der Waals surface area contributed by atoms with E-state index in [9.17, 15) is 10.4 Å². The van der Waals surface area contributed by atoms with E-state index in [2.05, 4.69) is 33.6 Å². The second kappa shape index (κ2) is 7.03. The maximum absolute atomic E-state index is 9.81. The lowest BCUT2D eigenvalue weighted by atomic mass is 9.98. The molecule has 1 aromatic heterocycles. The molecule has 0 saturated carbocycles. The van der Waals surface area contributed by atoms with Gasteiger partial charge in [-0.25, -0.2) is 4.98 Å². The molecule has 7 nitrogen and oxygen atoms in total. The van der Waals surface area contributed by atoms with E-state index >= 15 is 0 Å². The van der Waals surface area contributed by atoms with Gasteiger partial charge in [0.15, 0.2) is 0 Å². The zero-order valence-corrected chi connectivity index (χ0v) is 14.3. The Morgan fingerprint density at radius 1 is 1.62 bits per heavy atom. The molecule has 0 aliphatic carbocycles. The molecule has 3 rings (SSSR count). The van der Waals surface area contributed by atoms with Crippen LogP contribution >= 0.6 is 0 Å². The molecule has 2 atom stereocenters. The van der Waals surface area contributed by atoms with Gasteiger partial charge >= 0.3 is 0 Å². The third-order valence-electron chi connectivity index (χ3n) is 4.68. The van der Waals surface area contributed by atoms with Gasteiger partial charge in [0.1, 0.15) is 11.9 Å². The Kier molecular flexibility index (Phi) is 5.01. The molecule has 1 saturated heterocycles. The summed E-state index contributed by atoms with van der Waals surface area (Å²) in [6.07, 6.45) is 0.885. The number of anilines is 1. The molecule has 0 spiro atoms. The van der Waals surface area contributed by atoms with Gasteiger partial charge < -0.3 is 25.4 Å². The summed E-state index contributed by atoms with van der Waals surface area (Å²) in [5, 5.41) is 25.9. The van der Waals surface area contributed by atoms with Crippen LogP contribution in [-0.4, -0.2) is 66.5 Å². The number of rotatable bonds is 4. The maximum Gasteiger partial charge on any atom is 0.144 e. The first-order valence-electron chi connectivity index (χ1n) is 8.37. The number of morpholine rings is 1. The highest BCUT2D eigenvalue weighted by atomic mass is 16.5. The molecule has 0 unspecified atom stereocenters. The van der Waals surface area contributed by atoms with Crippen molar-refractivity contribution in [2.75, 3.05) is 45.3 Å². The largest absolute Gasteiger partial charge is 0.394 e. The average molecular weight is 331 g/mol. The first-order chi connectivity index (χ1) is 11.5. The van der Waals surface area contributed by atoms with E-state index in [-0.39, 0.29) is 12.6 Å². The van der Waals surface area contributed by atoms with Crippen molar-refractivity contribution in [2.24, 2.45) is 0 Å². The van der Waals surface area contributed by atoms with Crippen molar-refractivity contribution in [3.8, 4) is 6.07 Å². The predicted octanol–water partition coefficient (Wildman–Crippen LogP) is 0.0925. The molecule has 0 amide bonds. The van der Waals surface area contributed by atoms with Crippen molar-refractivity contribution in [2.45, 2.75) is 31.5 Å². The highest BCUT2D eigenvalue weighted by Crippen LogP contribution is 2.23. The average Bonchev–Trinajstić information content (AvgIpc) is 2.59. The highest BCUT2D eigenvalue weighted by Gasteiger charge is 2.35. The zero-order chi connectivity index (χ0) is 17.2. The zero-order valence-electron chi connectivity index (χ0n) is 14.3. The lowest BCUT2D eigenvalue weighted by Crippen LogP contribution is -2.63. The van der Waals surface area contributed by atoms with Crippen molar-refractivity contribution < 1.29 is 9.84 Å². The highest BCUT2D eigenvalue weighted by molar-refractivity contribution is 5.55. The fourth-order valence-electron chi connectivity index (χ4n) is 3.37. The number of nitriles is 1. The number of ether oxygens (including phenoxy) is 1. The number of likely N-dealkylation sites (N-methyl/N-ethyl adjacent to an activating group) is 1. The number of aromatic nitrogens is 1. The summed E-state index contributed by atoms with van der Waals surface area (Å²) in [7, 11) is 2.07. The molecule has 1 aromatic rings. The molecule has 2 aliphatic heterocycles. The second-order valence-electron chi connectivity index (χ2n) is 6.94. The summed E-state index contributed by atoms with van der Waals surface area (Å²) >= 11 is 0. The molecule has 0 bridgehead atoms. The van der Waals surface area contributed by atoms with Crippen LogP contribution in [0.2, 0.25) is 0 Å². The van der Waals surface area contributed by atoms with Gasteiger partial charge in [-0.1, -0.05) is 0 Å². The van der Waals surface area contributed by atoms with Gasteiger partial charge in [0, 0.05) is 37.8 Å². The lowest BCUT2D eigenvalue weighted by Gasteiger charge is -2.40. The minimum Gasteiger partial charge on any atom is -0.394 e. The van der Waals surface area contributed by atoms with Crippen LogP contribution in [0.5, 0.6) is 0 Å². The van der Waals surface area contributed by atoms with Crippen LogP contribution < -0.4 is 10.6 Å². The van der Waals surface area contributed by atoms with Crippen molar-refractivity contribution in [3.05, 3.63) is 22.9 Å². The van der Waals surface area contributed by atoms with Crippen molar-refractivity contribution >= 4 is 5.82 Å². The van der Waals surface area contributed by atoms with E-state index < -0.39 is 5.54 Å². The quantitative estimate of drug-likeness (QED) is 0.720. The van der Waals surface area contributed by atoms with E-state index in [1.807, 2.05) is 13.0 Å². The van der Waals surface area contributed by atoms with E-state index in [1.54, 1.807) is 0 Å². The van der Waals surface area contributed by atoms with Gasteiger partial charge in [0.25, 0.3) is 0 Å². The standard InChI is InChI=1S/C17H25N5O2/c1-12-8-24-11-17(10-23,21-12)9-19-16-13(6-18)5-14-7-22(2)4-3-15(14)20-16/h5,12,21,23H,3-4,7-11H2,1-2H3,(H,19,20)/t12-,17+/m1/s1. The van der Waals surface area contributed by atoms with E-state index in [4.69, 9.17) is 4.74 Å². The molecule has 7 heteroatoms. The fourth-order valence-corrected chi connectivity index (χ4v) is 3.37. The van der Waals surface area contributed by atoms with Gasteiger partial charge in [0.05, 0.1) is 30.9 Å². The molecule has 1 fully saturated rings. The van der Waals surface area contributed by atoms with Gasteiger partial charge in [-0.2, -0.15) is 5.26 Å². The number of nitrogens with zero attached hydrogens (tertiary/aromatic N) is 3. The van der Waals surface area contributed by atoms with Crippen LogP contribution in [-0.2, 0) is 17.7 Å². The van der Waals surface area contributed by atoms with Crippen LogP contribution in [0.4, 0.5) is 5.82 Å². The Balaban J connectivity index is 1.78. The summed E-state index contributed by atoms with van der Waals surface area (Å²) < 4.78 is 5.58. The smallest absolute Gasteiger partial charge is 0.144 e. The number of hydrogen-bond acceptors (Lipinski definition) is 7. The first-order valence-corrected chi connectivity index (χ1v) is 8.37. The molecule has 24 heavy (non-hydrogen) atoms. The fraction of sp³-hybridized carbons (Fsp3) is 0.647. The number of fused-ring (bicyclic) bond motifs is 1. The Bertz CT molecular complexity index is 645. The SMILES string of the molecule is C[C@@H]1COC[C@@](CO)(CNc2nc3c(cc2C#N)CN(C)CC3)N1. The van der Waals surface area contributed by atoms with Gasteiger partial charge in [-0.05, 0) is 25.6 Å². The summed E-state index contributed by atoms with van der Waals surface area (Å²) in [6.45, 7) is 5.30. The molecule has 130 valence electrons. The van der Waals surface area contributed by atoms with Crippen molar-refractivity contribution in [1.82, 2.24) is 15.2 Å². The number of aliphatic hydroxyl groups is 1. The number of nitrogens with one attached hydrogen (secondary N) is 2. The minimum absolute atomic E-state index is 0.0397. The first kappa shape index (κ1) is 17.1. The number of pyridine rings is 1. The Labute approximate surface area is 142 Å². The summed E-state index contributed by atoms with van der Waals surface area (Å²) in [5.74, 6) is 0.591. The van der Waals surface area contributed by atoms with E-state index in [1.165, 1.54) is 0 Å². The number of hydrogen-bond donors (Lipinski definition) is 3.